The molecule has 0 unspecified atom stereocenters. The monoisotopic (exact) mass is 408 g/mol. The largest absolute Gasteiger partial charge is 0.296 e. The third-order valence-electron chi connectivity index (χ3n) is 4.36. The van der Waals surface area contributed by atoms with E-state index in [0.717, 1.165) is 17.7 Å². The highest BCUT2D eigenvalue weighted by Crippen LogP contribution is 2.24. The molecule has 0 saturated heterocycles. The van der Waals surface area contributed by atoms with Gasteiger partial charge in [-0.3, -0.25) is 15.1 Å². The van der Waals surface area contributed by atoms with Crippen LogP contribution in [0.3, 0.4) is 0 Å². The number of carbonyl (C=O) groups excluding carboxylic acids is 1. The van der Waals surface area contributed by atoms with Gasteiger partial charge in [-0.2, -0.15) is 0 Å². The molecule has 1 N–H and O–H groups in total. The molecule has 29 heavy (non-hydrogen) atoms. The lowest BCUT2D eigenvalue weighted by Crippen LogP contribution is -2.13. The molecule has 4 aromatic rings. The molecule has 7 nitrogen and oxygen atoms in total. The van der Waals surface area contributed by atoms with Gasteiger partial charge in [0, 0.05) is 11.6 Å². The van der Waals surface area contributed by atoms with Gasteiger partial charge in [-0.25, -0.2) is 14.1 Å². The first-order valence-electron chi connectivity index (χ1n) is 8.99. The molecule has 0 aliphatic carbocycles. The molecule has 4 rings (SSSR count). The van der Waals surface area contributed by atoms with E-state index in [-0.39, 0.29) is 17.6 Å². The second kappa shape index (κ2) is 8.27. The lowest BCUT2D eigenvalue weighted by Gasteiger charge is -2.14. The highest BCUT2D eigenvalue weighted by atomic mass is 32.1. The van der Waals surface area contributed by atoms with Crippen LogP contribution in [0.2, 0.25) is 0 Å². The summed E-state index contributed by atoms with van der Waals surface area (Å²) < 4.78 is 14.8. The number of amides is 1. The van der Waals surface area contributed by atoms with Gasteiger partial charge in [0.2, 0.25) is 0 Å². The zero-order chi connectivity index (χ0) is 20.2. The van der Waals surface area contributed by atoms with E-state index >= 15 is 0 Å². The maximum Gasteiger partial charge on any atom is 0.279 e. The number of hydrogen-bond donors (Lipinski definition) is 1. The van der Waals surface area contributed by atoms with Crippen molar-refractivity contribution in [3.05, 3.63) is 77.3 Å². The Hall–Kier alpha value is -3.46. The van der Waals surface area contributed by atoms with Crippen LogP contribution in [0.15, 0.2) is 60.2 Å². The zero-order valence-corrected chi connectivity index (χ0v) is 16.3. The van der Waals surface area contributed by atoms with Crippen LogP contribution < -0.4 is 5.32 Å². The van der Waals surface area contributed by atoms with E-state index in [1.807, 2.05) is 30.5 Å². The van der Waals surface area contributed by atoms with E-state index in [1.54, 1.807) is 29.2 Å². The van der Waals surface area contributed by atoms with Crippen molar-refractivity contribution >= 4 is 22.4 Å². The third kappa shape index (κ3) is 4.19. The van der Waals surface area contributed by atoms with Gasteiger partial charge in [0.15, 0.2) is 10.8 Å². The topological polar surface area (TPSA) is 85.6 Å². The summed E-state index contributed by atoms with van der Waals surface area (Å²) in [5, 5.41) is 13.1. The lowest BCUT2D eigenvalue weighted by molar-refractivity contribution is 0.102. The molecular formula is C20H17FN6OS. The predicted molar refractivity (Wildman–Crippen MR) is 108 cm³/mol. The van der Waals surface area contributed by atoms with Crippen LogP contribution in [0.1, 0.15) is 35.4 Å². The smallest absolute Gasteiger partial charge is 0.279 e. The van der Waals surface area contributed by atoms with Gasteiger partial charge in [0.05, 0.1) is 17.9 Å². The quantitative estimate of drug-likeness (QED) is 0.517. The van der Waals surface area contributed by atoms with Gasteiger partial charge >= 0.3 is 0 Å². The van der Waals surface area contributed by atoms with Crippen molar-refractivity contribution in [3.8, 4) is 11.4 Å². The summed E-state index contributed by atoms with van der Waals surface area (Å²) in [4.78, 5) is 21.2. The Bertz CT molecular complexity index is 1110. The molecule has 0 spiro atoms. The van der Waals surface area contributed by atoms with Gasteiger partial charge in [0.25, 0.3) is 5.91 Å². The minimum atomic E-state index is -0.396. The summed E-state index contributed by atoms with van der Waals surface area (Å²) in [6, 6.07) is 11.7. The number of rotatable bonds is 6. The first kappa shape index (κ1) is 18.9. The average Bonchev–Trinajstić information content (AvgIpc) is 3.41. The van der Waals surface area contributed by atoms with Crippen molar-refractivity contribution in [1.29, 1.82) is 0 Å². The molecule has 0 saturated carbocycles. The molecule has 3 heterocycles. The third-order valence-corrected chi connectivity index (χ3v) is 5.11. The van der Waals surface area contributed by atoms with E-state index in [1.165, 1.54) is 23.5 Å². The van der Waals surface area contributed by atoms with E-state index in [4.69, 9.17) is 0 Å². The number of benzene rings is 1. The van der Waals surface area contributed by atoms with Gasteiger partial charge in [-0.1, -0.05) is 30.3 Å². The van der Waals surface area contributed by atoms with Crippen LogP contribution in [-0.4, -0.2) is 30.9 Å². The van der Waals surface area contributed by atoms with Crippen LogP contribution in [0.5, 0.6) is 0 Å². The van der Waals surface area contributed by atoms with Crippen molar-refractivity contribution in [1.82, 2.24) is 25.0 Å². The number of nitrogens with zero attached hydrogens (tertiary/aromatic N) is 5. The molecule has 0 aliphatic rings. The maximum absolute atomic E-state index is 13.2. The second-order valence-corrected chi connectivity index (χ2v) is 7.12. The summed E-state index contributed by atoms with van der Waals surface area (Å²) in [5.74, 6) is -0.692. The number of aromatic nitrogens is 5. The predicted octanol–water partition coefficient (Wildman–Crippen LogP) is 4.19. The highest BCUT2D eigenvalue weighted by molar-refractivity contribution is 7.14. The summed E-state index contributed by atoms with van der Waals surface area (Å²) in [6.45, 7) is 1.99. The average molecular weight is 408 g/mol. The molecule has 1 aromatic carbocycles. The van der Waals surface area contributed by atoms with Gasteiger partial charge in [-0.15, -0.1) is 16.4 Å². The summed E-state index contributed by atoms with van der Waals surface area (Å²) in [7, 11) is 0. The molecule has 0 radical (unpaired) electrons. The normalized spacial score (nSPS) is 11.9. The minimum Gasteiger partial charge on any atom is -0.296 e. The van der Waals surface area contributed by atoms with Crippen LogP contribution in [-0.2, 0) is 0 Å². The van der Waals surface area contributed by atoms with Crippen molar-refractivity contribution in [3.63, 3.8) is 0 Å². The highest BCUT2D eigenvalue weighted by Gasteiger charge is 2.18. The Balaban J connectivity index is 1.48. The van der Waals surface area contributed by atoms with Crippen molar-refractivity contribution < 1.29 is 9.18 Å². The maximum atomic E-state index is 13.2. The Morgan fingerprint density at radius 3 is 2.76 bits per heavy atom. The molecule has 9 heteroatoms. The minimum absolute atomic E-state index is 0.139. The first-order valence-corrected chi connectivity index (χ1v) is 9.87. The summed E-state index contributed by atoms with van der Waals surface area (Å²) in [6.07, 6.45) is 3.99. The summed E-state index contributed by atoms with van der Waals surface area (Å²) in [5.41, 5.74) is 2.50. The molecule has 0 bridgehead atoms. The summed E-state index contributed by atoms with van der Waals surface area (Å²) >= 11 is 1.31. The standard InChI is InChI=1S/C20H17FN6OS/c1-2-18(13-6-8-14(21)9-7-13)27-11-16(25-26-27)19(28)24-20-23-17(12-29-20)15-5-3-4-10-22-15/h3-12,18H,2H2,1H3,(H,23,24,28)/t18-/m0/s1. The van der Waals surface area contributed by atoms with Crippen LogP contribution in [0.25, 0.3) is 11.4 Å². The van der Waals surface area contributed by atoms with Crippen LogP contribution in [0, 0.1) is 5.82 Å². The van der Waals surface area contributed by atoms with E-state index in [2.05, 4.69) is 25.6 Å². The number of nitrogens with one attached hydrogen (secondary N) is 1. The SMILES string of the molecule is CC[C@@H](c1ccc(F)cc1)n1cc(C(=O)Nc2nc(-c3ccccn3)cs2)nn1. The molecule has 146 valence electrons. The Morgan fingerprint density at radius 2 is 2.03 bits per heavy atom. The van der Waals surface area contributed by atoms with Gasteiger partial charge in [0.1, 0.15) is 11.5 Å². The fourth-order valence-corrected chi connectivity index (χ4v) is 3.62. The molecule has 1 atom stereocenters. The fraction of sp³-hybridized carbons (Fsp3) is 0.150. The molecule has 0 aliphatic heterocycles. The van der Waals surface area contributed by atoms with E-state index in [0.29, 0.717) is 10.8 Å². The Morgan fingerprint density at radius 1 is 1.21 bits per heavy atom. The second-order valence-electron chi connectivity index (χ2n) is 6.27. The van der Waals surface area contributed by atoms with Crippen LogP contribution in [0.4, 0.5) is 9.52 Å². The first-order chi connectivity index (χ1) is 14.1. The zero-order valence-electron chi connectivity index (χ0n) is 15.5. The van der Waals surface area contributed by atoms with E-state index < -0.39 is 5.91 Å². The van der Waals surface area contributed by atoms with Gasteiger partial charge in [-0.05, 0) is 36.2 Å². The van der Waals surface area contributed by atoms with Gasteiger partial charge < -0.3 is 0 Å². The fourth-order valence-electron chi connectivity index (χ4n) is 2.92. The number of halogens is 1. The molecule has 1 amide bonds. The number of thiazole rings is 1. The molecule has 3 aromatic heterocycles. The number of carbonyl (C=O) groups is 1. The number of anilines is 1. The van der Waals surface area contributed by atoms with Crippen molar-refractivity contribution in [2.75, 3.05) is 5.32 Å². The Labute approximate surface area is 170 Å². The number of hydrogen-bond acceptors (Lipinski definition) is 6. The van der Waals surface area contributed by atoms with Crippen LogP contribution >= 0.6 is 11.3 Å². The van der Waals surface area contributed by atoms with Crippen molar-refractivity contribution in [2.45, 2.75) is 19.4 Å². The van der Waals surface area contributed by atoms with E-state index in [9.17, 15) is 9.18 Å². The molecule has 0 fully saturated rings. The molecular weight excluding hydrogens is 391 g/mol. The van der Waals surface area contributed by atoms with Crippen molar-refractivity contribution in [2.24, 2.45) is 0 Å². The lowest BCUT2D eigenvalue weighted by atomic mass is 10.0. The number of pyridine rings is 1. The Kier molecular flexibility index (Phi) is 5.39.